The number of aliphatic carboxylic acids is 1. The zero-order valence-corrected chi connectivity index (χ0v) is 21.8. The van der Waals surface area contributed by atoms with Crippen molar-refractivity contribution in [2.45, 2.75) is 18.4 Å². The summed E-state index contributed by atoms with van der Waals surface area (Å²) in [6.07, 6.45) is -0.889. The van der Waals surface area contributed by atoms with E-state index in [1.165, 1.54) is 0 Å². The van der Waals surface area contributed by atoms with Crippen LogP contribution in [0.5, 0.6) is 5.75 Å². The molecule has 9 heteroatoms. The number of hydrogen-bond acceptors (Lipinski definition) is 4. The lowest BCUT2D eigenvalue weighted by Crippen LogP contribution is -2.43. The molecule has 0 saturated carbocycles. The summed E-state index contributed by atoms with van der Waals surface area (Å²) in [5, 5.41) is 22.2. The summed E-state index contributed by atoms with van der Waals surface area (Å²) in [6, 6.07) is 16.3. The minimum Gasteiger partial charge on any atom is -0.506 e. The van der Waals surface area contributed by atoms with Crippen molar-refractivity contribution >= 4 is 59.9 Å². The quantitative estimate of drug-likeness (QED) is 0.298. The number of halogens is 3. The maximum Gasteiger partial charge on any atom is 0.407 e. The Morgan fingerprint density at radius 2 is 1.55 bits per heavy atom. The molecule has 3 N–H and O–H groups in total. The van der Waals surface area contributed by atoms with E-state index >= 15 is 0 Å². The van der Waals surface area contributed by atoms with Crippen molar-refractivity contribution in [2.24, 2.45) is 0 Å². The normalized spacial score (nSPS) is 13.2. The lowest BCUT2D eigenvalue weighted by molar-refractivity contribution is -0.139. The Labute approximate surface area is 215 Å². The molecule has 0 aromatic heterocycles. The average Bonchev–Trinajstić information content (AvgIpc) is 3.12. The maximum absolute atomic E-state index is 12.5. The predicted octanol–water partition coefficient (Wildman–Crippen LogP) is 6.21. The number of alkyl carbamates (subject to hydrolysis) is 1. The van der Waals surface area contributed by atoms with Crippen LogP contribution in [-0.4, -0.2) is 34.9 Å². The highest BCUT2D eigenvalue weighted by molar-refractivity contribution is 9.11. The van der Waals surface area contributed by atoms with Gasteiger partial charge in [0.1, 0.15) is 18.4 Å². The Bertz CT molecular complexity index is 1200. The molecule has 3 aromatic rings. The van der Waals surface area contributed by atoms with Gasteiger partial charge in [0.15, 0.2) is 0 Å². The van der Waals surface area contributed by atoms with Gasteiger partial charge in [0.25, 0.3) is 0 Å². The lowest BCUT2D eigenvalue weighted by Gasteiger charge is -2.19. The molecule has 0 fully saturated rings. The fourth-order valence-electron chi connectivity index (χ4n) is 3.99. The third kappa shape index (κ3) is 4.81. The Balaban J connectivity index is 1.47. The highest BCUT2D eigenvalue weighted by Gasteiger charge is 2.30. The number of ether oxygens (including phenoxy) is 1. The largest absolute Gasteiger partial charge is 0.506 e. The van der Waals surface area contributed by atoms with Crippen LogP contribution in [0, 0.1) is 0 Å². The first kappa shape index (κ1) is 23.8. The number of nitrogens with one attached hydrogen (secondary N) is 1. The molecule has 0 spiro atoms. The smallest absolute Gasteiger partial charge is 0.407 e. The van der Waals surface area contributed by atoms with Gasteiger partial charge in [0.05, 0.1) is 8.95 Å². The fraction of sp³-hybridized carbons (Fsp3) is 0.167. The van der Waals surface area contributed by atoms with Crippen LogP contribution in [0.2, 0.25) is 0 Å². The van der Waals surface area contributed by atoms with E-state index in [4.69, 9.17) is 4.74 Å². The van der Waals surface area contributed by atoms with Gasteiger partial charge in [-0.15, -0.1) is 0 Å². The maximum atomic E-state index is 12.5. The molecule has 1 unspecified atom stereocenters. The van der Waals surface area contributed by atoms with E-state index in [1.807, 2.05) is 48.5 Å². The molecule has 170 valence electrons. The van der Waals surface area contributed by atoms with E-state index in [1.54, 1.807) is 6.07 Å². The van der Waals surface area contributed by atoms with Crippen LogP contribution in [0.25, 0.3) is 11.1 Å². The molecule has 0 radical (unpaired) electrons. The molecule has 1 aliphatic carbocycles. The highest BCUT2D eigenvalue weighted by Crippen LogP contribution is 2.44. The zero-order valence-electron chi connectivity index (χ0n) is 17.0. The Morgan fingerprint density at radius 3 is 2.12 bits per heavy atom. The number of carbonyl (C=O) groups excluding carboxylic acids is 1. The molecule has 0 bridgehead atoms. The molecule has 1 atom stereocenters. The number of amides is 1. The van der Waals surface area contributed by atoms with Crippen LogP contribution in [0.3, 0.4) is 0 Å². The first-order valence-electron chi connectivity index (χ1n) is 9.97. The van der Waals surface area contributed by atoms with E-state index < -0.39 is 18.1 Å². The summed E-state index contributed by atoms with van der Waals surface area (Å²) in [5.74, 6) is -1.40. The average molecular weight is 640 g/mol. The zero-order chi connectivity index (χ0) is 23.7. The molecular formula is C24H18Br3NO5. The summed E-state index contributed by atoms with van der Waals surface area (Å²) < 4.78 is 6.83. The molecule has 0 aliphatic heterocycles. The van der Waals surface area contributed by atoms with E-state index in [2.05, 4.69) is 53.1 Å². The lowest BCUT2D eigenvalue weighted by atomic mass is 9.98. The monoisotopic (exact) mass is 637 g/mol. The van der Waals surface area contributed by atoms with Crippen molar-refractivity contribution in [3.8, 4) is 16.9 Å². The van der Waals surface area contributed by atoms with E-state index in [0.29, 0.717) is 19.0 Å². The Morgan fingerprint density at radius 1 is 0.970 bits per heavy atom. The number of rotatable bonds is 6. The first-order chi connectivity index (χ1) is 15.8. The SMILES string of the molecule is O=C(NC(Cc1c(Br)cc(Br)c(O)c1Br)C(=O)O)OCC1c2ccccc2-c2ccccc21. The van der Waals surface area contributed by atoms with Crippen LogP contribution >= 0.6 is 47.8 Å². The molecule has 1 amide bonds. The number of fused-ring (bicyclic) bond motifs is 3. The van der Waals surface area contributed by atoms with Crippen LogP contribution in [0.1, 0.15) is 22.6 Å². The second-order valence-corrected chi connectivity index (χ2v) is 10.0. The second kappa shape index (κ2) is 9.87. The van der Waals surface area contributed by atoms with E-state index in [-0.39, 0.29) is 24.7 Å². The molecule has 3 aromatic carbocycles. The molecule has 6 nitrogen and oxygen atoms in total. The number of phenols is 1. The first-order valence-corrected chi connectivity index (χ1v) is 12.4. The van der Waals surface area contributed by atoms with Gasteiger partial charge in [-0.3, -0.25) is 0 Å². The molecule has 0 saturated heterocycles. The molecule has 1 aliphatic rings. The van der Waals surface area contributed by atoms with Gasteiger partial charge in [0.2, 0.25) is 0 Å². The van der Waals surface area contributed by atoms with Crippen LogP contribution in [0.4, 0.5) is 4.79 Å². The van der Waals surface area contributed by atoms with E-state index in [9.17, 15) is 19.8 Å². The van der Waals surface area contributed by atoms with Gasteiger partial charge in [-0.05, 0) is 65.7 Å². The molecule has 4 rings (SSSR count). The molecular weight excluding hydrogens is 622 g/mol. The van der Waals surface area contributed by atoms with Gasteiger partial charge in [-0.1, -0.05) is 64.5 Å². The van der Waals surface area contributed by atoms with Gasteiger partial charge in [-0.2, -0.15) is 0 Å². The topological polar surface area (TPSA) is 95.9 Å². The van der Waals surface area contributed by atoms with Crippen molar-refractivity contribution < 1.29 is 24.5 Å². The number of phenolic OH excluding ortho intramolecular Hbond substituents is 1. The second-order valence-electron chi connectivity index (χ2n) is 7.55. The van der Waals surface area contributed by atoms with E-state index in [0.717, 1.165) is 22.3 Å². The minimum absolute atomic E-state index is 0.0570. The molecule has 33 heavy (non-hydrogen) atoms. The Kier molecular flexibility index (Phi) is 7.11. The minimum atomic E-state index is -1.26. The van der Waals surface area contributed by atoms with Crippen molar-refractivity contribution in [3.63, 3.8) is 0 Å². The van der Waals surface area contributed by atoms with Crippen molar-refractivity contribution in [3.05, 3.63) is 84.7 Å². The van der Waals surface area contributed by atoms with Crippen molar-refractivity contribution in [1.29, 1.82) is 0 Å². The number of carboxylic acid groups (broad SMARTS) is 1. The highest BCUT2D eigenvalue weighted by atomic mass is 79.9. The van der Waals surface area contributed by atoms with Crippen LogP contribution < -0.4 is 5.32 Å². The summed E-state index contributed by atoms with van der Waals surface area (Å²) in [4.78, 5) is 24.4. The summed E-state index contributed by atoms with van der Waals surface area (Å²) in [6.45, 7) is 0.0820. The number of hydrogen-bond donors (Lipinski definition) is 3. The summed E-state index contributed by atoms with van der Waals surface area (Å²) in [7, 11) is 0. The van der Waals surface area contributed by atoms with Crippen LogP contribution in [-0.2, 0) is 16.0 Å². The number of carboxylic acids is 1. The van der Waals surface area contributed by atoms with Crippen molar-refractivity contribution in [1.82, 2.24) is 5.32 Å². The van der Waals surface area contributed by atoms with Crippen LogP contribution in [0.15, 0.2) is 68.0 Å². The number of carbonyl (C=O) groups is 2. The fourth-order valence-corrected chi connectivity index (χ4v) is 6.44. The number of benzene rings is 3. The van der Waals surface area contributed by atoms with Crippen molar-refractivity contribution in [2.75, 3.05) is 6.61 Å². The third-order valence-corrected chi connectivity index (χ3v) is 7.75. The van der Waals surface area contributed by atoms with Gasteiger partial charge in [0, 0.05) is 16.8 Å². The summed E-state index contributed by atoms with van der Waals surface area (Å²) in [5.41, 5.74) is 4.85. The van der Waals surface area contributed by atoms with Gasteiger partial charge >= 0.3 is 12.1 Å². The third-order valence-electron chi connectivity index (χ3n) is 5.58. The standard InChI is InChI=1S/C24H18Br3NO5/c25-18-10-19(26)22(29)21(27)16(18)9-20(23(30)31)28-24(32)33-11-17-14-7-3-1-5-12(14)13-6-2-4-8-15(13)17/h1-8,10,17,20,29H,9,11H2,(H,28,32)(H,30,31). The molecule has 0 heterocycles. The predicted molar refractivity (Wildman–Crippen MR) is 135 cm³/mol. The number of aromatic hydroxyl groups is 1. The summed E-state index contributed by atoms with van der Waals surface area (Å²) >= 11 is 9.89. The Hall–Kier alpha value is -2.36. The van der Waals surface area contributed by atoms with Gasteiger partial charge < -0.3 is 20.3 Å². The van der Waals surface area contributed by atoms with Gasteiger partial charge in [-0.25, -0.2) is 9.59 Å².